The number of nitrogens with zero attached hydrogens (tertiary/aromatic N) is 1. The monoisotopic (exact) mass is 487 g/mol. The van der Waals surface area contributed by atoms with Crippen molar-refractivity contribution < 1.29 is 41.0 Å². The van der Waals surface area contributed by atoms with Gasteiger partial charge in [-0.3, -0.25) is 9.59 Å². The van der Waals surface area contributed by atoms with Gasteiger partial charge >= 0.3 is 12.4 Å². The van der Waals surface area contributed by atoms with Gasteiger partial charge in [0.15, 0.2) is 11.6 Å². The maximum absolute atomic E-state index is 12.9. The molecule has 1 heterocycles. The lowest BCUT2D eigenvalue weighted by atomic mass is 9.83. The molecule has 1 aliphatic heterocycles. The fourth-order valence-electron chi connectivity index (χ4n) is 3.96. The molecule has 3 rings (SSSR count). The van der Waals surface area contributed by atoms with E-state index in [1.807, 2.05) is 4.90 Å². The lowest BCUT2D eigenvalue weighted by Gasteiger charge is -2.37. The molecule has 0 aromatic heterocycles. The Hall–Kier alpha value is -2.72. The second kappa shape index (κ2) is 9.87. The van der Waals surface area contributed by atoms with Crippen LogP contribution in [0.25, 0.3) is 0 Å². The molecule has 1 fully saturated rings. The largest absolute Gasteiger partial charge is 0.416 e. The van der Waals surface area contributed by atoms with Crippen LogP contribution in [0.5, 0.6) is 0 Å². The first kappa shape index (κ1) is 25.9. The summed E-state index contributed by atoms with van der Waals surface area (Å²) in [4.78, 5) is 26.9. The Morgan fingerprint density at radius 1 is 0.853 bits per heavy atom. The lowest BCUT2D eigenvalue weighted by Crippen LogP contribution is -2.49. The molecule has 0 atom stereocenters. The normalized spacial score (nSPS) is 16.9. The predicted octanol–water partition coefficient (Wildman–Crippen LogP) is 5.40. The van der Waals surface area contributed by atoms with Gasteiger partial charge in [0.2, 0.25) is 0 Å². The molecule has 0 saturated carbocycles. The van der Waals surface area contributed by atoms with Crippen molar-refractivity contribution in [3.63, 3.8) is 0 Å². The maximum Gasteiger partial charge on any atom is 0.416 e. The molecule has 2 aromatic rings. The smallest absolute Gasteiger partial charge is 0.382 e. The summed E-state index contributed by atoms with van der Waals surface area (Å²) in [5.41, 5.74) is -3.87. The van der Waals surface area contributed by atoms with E-state index in [-0.39, 0.29) is 30.4 Å². The summed E-state index contributed by atoms with van der Waals surface area (Å²) in [7, 11) is 0. The first-order valence-electron chi connectivity index (χ1n) is 10.7. The Morgan fingerprint density at radius 3 is 1.88 bits per heavy atom. The number of rotatable bonds is 7. The Kier molecular flexibility index (Phi) is 7.52. The van der Waals surface area contributed by atoms with E-state index in [4.69, 9.17) is 0 Å². The number of benzene rings is 2. The van der Waals surface area contributed by atoms with Crippen LogP contribution in [0.2, 0.25) is 0 Å². The first-order chi connectivity index (χ1) is 15.8. The number of likely N-dealkylation sites (tertiary alicyclic amines) is 1. The van der Waals surface area contributed by atoms with E-state index in [1.165, 1.54) is 18.2 Å². The van der Waals surface area contributed by atoms with Crippen molar-refractivity contribution in [3.05, 3.63) is 70.8 Å². The molecule has 1 N–H and O–H groups in total. The highest BCUT2D eigenvalue weighted by Gasteiger charge is 2.40. The highest BCUT2D eigenvalue weighted by molar-refractivity contribution is 6.02. The zero-order chi connectivity index (χ0) is 25.1. The molecule has 34 heavy (non-hydrogen) atoms. The third-order valence-electron chi connectivity index (χ3n) is 5.95. The van der Waals surface area contributed by atoms with Gasteiger partial charge < -0.3 is 10.0 Å². The molecule has 184 valence electrons. The number of carbonyl (C=O) groups excluding carboxylic acids is 2. The number of carbonyl (C=O) groups is 2. The fourth-order valence-corrected chi connectivity index (χ4v) is 3.96. The average molecular weight is 487 g/mol. The van der Waals surface area contributed by atoms with Crippen LogP contribution < -0.4 is 0 Å². The number of hydrogen-bond acceptors (Lipinski definition) is 4. The molecule has 0 unspecified atom stereocenters. The summed E-state index contributed by atoms with van der Waals surface area (Å²) in [6.45, 7) is 1.01. The topological polar surface area (TPSA) is 57.6 Å². The summed E-state index contributed by atoms with van der Waals surface area (Å²) in [5.74, 6) is -1.18. The molecule has 10 heteroatoms. The van der Waals surface area contributed by atoms with Crippen LogP contribution in [-0.2, 0) is 12.4 Å². The standard InChI is InChI=1S/C24H23F6NO3/c25-23(26,27)18-6-1-4-16(14-18)20(32)8-3-11-31-12-9-22(34,10-13-31)21(33)17-5-2-7-19(15-17)24(28,29)30/h1-2,4-7,14-15,34H,3,8-13H2. The molecule has 4 nitrogen and oxygen atoms in total. The SMILES string of the molecule is O=C(CCCN1CCC(O)(C(=O)c2cccc(C(F)(F)F)c2)CC1)c1cccc(C(F)(F)F)c1. The molecule has 0 bridgehead atoms. The van der Waals surface area contributed by atoms with Crippen LogP contribution in [0.4, 0.5) is 26.3 Å². The molecule has 0 radical (unpaired) electrons. The molecule has 0 spiro atoms. The van der Waals surface area contributed by atoms with Crippen LogP contribution in [0.3, 0.4) is 0 Å². The van der Waals surface area contributed by atoms with Crippen LogP contribution in [0, 0.1) is 0 Å². The van der Waals surface area contributed by atoms with E-state index >= 15 is 0 Å². The lowest BCUT2D eigenvalue weighted by molar-refractivity contribution is -0.138. The van der Waals surface area contributed by atoms with Crippen molar-refractivity contribution >= 4 is 11.6 Å². The molecule has 1 aliphatic rings. The Morgan fingerprint density at radius 2 is 1.35 bits per heavy atom. The summed E-state index contributed by atoms with van der Waals surface area (Å²) < 4.78 is 77.2. The van der Waals surface area contributed by atoms with E-state index in [1.54, 1.807) is 0 Å². The van der Waals surface area contributed by atoms with Crippen molar-refractivity contribution in [3.8, 4) is 0 Å². The minimum atomic E-state index is -4.60. The highest BCUT2D eigenvalue weighted by atomic mass is 19.4. The summed E-state index contributed by atoms with van der Waals surface area (Å²) in [5, 5.41) is 10.8. The second-order valence-electron chi connectivity index (χ2n) is 8.39. The van der Waals surface area contributed by atoms with Gasteiger partial charge in [0.05, 0.1) is 11.1 Å². The predicted molar refractivity (Wildman–Crippen MR) is 111 cm³/mol. The van der Waals surface area contributed by atoms with Crippen LogP contribution in [-0.4, -0.2) is 46.8 Å². The third kappa shape index (κ3) is 6.24. The number of halogens is 6. The Labute approximate surface area is 192 Å². The maximum atomic E-state index is 12.9. The van der Waals surface area contributed by atoms with Crippen molar-refractivity contribution in [2.24, 2.45) is 0 Å². The molecular formula is C24H23F6NO3. The molecule has 0 aliphatic carbocycles. The van der Waals surface area contributed by atoms with Crippen molar-refractivity contribution in [2.75, 3.05) is 19.6 Å². The number of piperidine rings is 1. The molecule has 0 amide bonds. The third-order valence-corrected chi connectivity index (χ3v) is 5.95. The number of hydrogen-bond donors (Lipinski definition) is 1. The van der Waals surface area contributed by atoms with Crippen molar-refractivity contribution in [1.29, 1.82) is 0 Å². The highest BCUT2D eigenvalue weighted by Crippen LogP contribution is 2.32. The minimum absolute atomic E-state index is 0.0175. The zero-order valence-corrected chi connectivity index (χ0v) is 18.0. The second-order valence-corrected chi connectivity index (χ2v) is 8.39. The summed E-state index contributed by atoms with van der Waals surface area (Å²) in [6, 6.07) is 8.17. The van der Waals surface area contributed by atoms with Gasteiger partial charge in [-0.25, -0.2) is 0 Å². The quantitative estimate of drug-likeness (QED) is 0.420. The average Bonchev–Trinajstić information content (AvgIpc) is 2.79. The van der Waals surface area contributed by atoms with E-state index in [0.29, 0.717) is 26.1 Å². The van der Waals surface area contributed by atoms with E-state index in [0.717, 1.165) is 30.3 Å². The van der Waals surface area contributed by atoms with Crippen molar-refractivity contribution in [1.82, 2.24) is 4.90 Å². The van der Waals surface area contributed by atoms with Crippen LogP contribution in [0.15, 0.2) is 48.5 Å². The van der Waals surface area contributed by atoms with Gasteiger partial charge in [-0.15, -0.1) is 0 Å². The Bertz CT molecular complexity index is 1040. The zero-order valence-electron chi connectivity index (χ0n) is 18.0. The molecule has 2 aromatic carbocycles. The van der Waals surface area contributed by atoms with E-state index < -0.39 is 40.6 Å². The van der Waals surface area contributed by atoms with Gasteiger partial charge in [-0.1, -0.05) is 24.3 Å². The number of alkyl halides is 6. The Balaban J connectivity index is 1.51. The first-order valence-corrected chi connectivity index (χ1v) is 10.7. The molecule has 1 saturated heterocycles. The minimum Gasteiger partial charge on any atom is -0.382 e. The van der Waals surface area contributed by atoms with Gasteiger partial charge in [0.25, 0.3) is 0 Å². The van der Waals surface area contributed by atoms with E-state index in [2.05, 4.69) is 0 Å². The van der Waals surface area contributed by atoms with Crippen molar-refractivity contribution in [2.45, 2.75) is 43.6 Å². The summed E-state index contributed by atoms with van der Waals surface area (Å²) in [6.07, 6.45) is -8.70. The van der Waals surface area contributed by atoms with E-state index in [9.17, 15) is 41.0 Å². The summed E-state index contributed by atoms with van der Waals surface area (Å²) >= 11 is 0. The van der Waals surface area contributed by atoms with Crippen LogP contribution in [0.1, 0.15) is 57.5 Å². The van der Waals surface area contributed by atoms with Gasteiger partial charge in [-0.2, -0.15) is 26.3 Å². The van der Waals surface area contributed by atoms with Crippen LogP contribution >= 0.6 is 0 Å². The number of aliphatic hydroxyl groups is 1. The van der Waals surface area contributed by atoms with Gasteiger partial charge in [0, 0.05) is 30.6 Å². The van der Waals surface area contributed by atoms with Gasteiger partial charge in [-0.05, 0) is 50.1 Å². The molecular weight excluding hydrogens is 464 g/mol. The van der Waals surface area contributed by atoms with Gasteiger partial charge in [0.1, 0.15) is 5.60 Å². The number of ketones is 2. The fraction of sp³-hybridized carbons (Fsp3) is 0.417. The number of Topliss-reactive ketones (excluding diaryl/α,β-unsaturated/α-hetero) is 2.